The molecule has 0 aliphatic rings. The molecular weight excluding hydrogens is 222 g/mol. The number of rotatable bonds is 5. The highest BCUT2D eigenvalue weighted by Gasteiger charge is 2.06. The Labute approximate surface area is 98.1 Å². The van der Waals surface area contributed by atoms with Crippen molar-refractivity contribution in [3.05, 3.63) is 23.2 Å². The first-order valence-electron chi connectivity index (χ1n) is 5.25. The summed E-state index contributed by atoms with van der Waals surface area (Å²) in [4.78, 5) is 4.34. The highest BCUT2D eigenvalue weighted by Crippen LogP contribution is 2.27. The van der Waals surface area contributed by atoms with Crippen LogP contribution in [0.3, 0.4) is 0 Å². The van der Waals surface area contributed by atoms with Gasteiger partial charge in [-0.15, -0.1) is 11.3 Å². The molecule has 0 atom stereocenters. The number of nitrogens with two attached hydrogens (primary N) is 1. The van der Waals surface area contributed by atoms with Crippen LogP contribution in [0.15, 0.2) is 17.6 Å². The van der Waals surface area contributed by atoms with Crippen molar-refractivity contribution in [2.75, 3.05) is 25.4 Å². The van der Waals surface area contributed by atoms with Crippen LogP contribution in [0.25, 0.3) is 10.2 Å². The summed E-state index contributed by atoms with van der Waals surface area (Å²) in [5.74, 6) is 0. The number of nitrogen functional groups attached to an aromatic ring is 1. The molecule has 4 nitrogen and oxygen atoms in total. The Kier molecular flexibility index (Phi) is 3.71. The van der Waals surface area contributed by atoms with Crippen LogP contribution in [-0.2, 0) is 6.42 Å². The van der Waals surface area contributed by atoms with Gasteiger partial charge in [-0.25, -0.2) is 4.98 Å². The van der Waals surface area contributed by atoms with E-state index in [4.69, 9.17) is 10.8 Å². The van der Waals surface area contributed by atoms with Gasteiger partial charge in [0.1, 0.15) is 0 Å². The number of thiazole rings is 1. The number of nitrogens with zero attached hydrogens (tertiary/aromatic N) is 1. The number of aromatic nitrogens is 1. The molecule has 0 unspecified atom stereocenters. The molecule has 86 valence electrons. The van der Waals surface area contributed by atoms with Crippen molar-refractivity contribution >= 4 is 27.2 Å². The third-order valence-corrected chi connectivity index (χ3v) is 3.33. The van der Waals surface area contributed by atoms with E-state index >= 15 is 0 Å². The van der Waals surface area contributed by atoms with Gasteiger partial charge in [0.05, 0.1) is 28.0 Å². The summed E-state index contributed by atoms with van der Waals surface area (Å²) in [6.07, 6.45) is 0.903. The predicted octanol–water partition coefficient (Wildman–Crippen LogP) is 1.00. The summed E-state index contributed by atoms with van der Waals surface area (Å²) >= 11 is 1.58. The minimum Gasteiger partial charge on any atom is -0.398 e. The van der Waals surface area contributed by atoms with E-state index in [1.807, 2.05) is 17.6 Å². The first-order valence-corrected chi connectivity index (χ1v) is 6.13. The Morgan fingerprint density at radius 1 is 1.38 bits per heavy atom. The molecule has 1 heterocycles. The molecule has 0 fully saturated rings. The largest absolute Gasteiger partial charge is 0.398 e. The Bertz CT molecular complexity index is 469. The van der Waals surface area contributed by atoms with Gasteiger partial charge in [0.15, 0.2) is 0 Å². The van der Waals surface area contributed by atoms with Crippen molar-refractivity contribution in [1.82, 2.24) is 10.3 Å². The molecule has 0 aliphatic carbocycles. The van der Waals surface area contributed by atoms with E-state index in [1.165, 1.54) is 5.56 Å². The second-order valence-corrected chi connectivity index (χ2v) is 4.42. The lowest BCUT2D eigenvalue weighted by molar-refractivity contribution is 0.293. The van der Waals surface area contributed by atoms with Gasteiger partial charge in [-0.2, -0.15) is 0 Å². The van der Waals surface area contributed by atoms with E-state index in [1.54, 1.807) is 11.3 Å². The fraction of sp³-hybridized carbons (Fsp3) is 0.364. The van der Waals surface area contributed by atoms with E-state index in [9.17, 15) is 0 Å². The Morgan fingerprint density at radius 3 is 3.06 bits per heavy atom. The molecule has 0 bridgehead atoms. The average Bonchev–Trinajstić information content (AvgIpc) is 2.77. The number of hydrogen-bond acceptors (Lipinski definition) is 5. The molecular formula is C11H15N3OS. The van der Waals surface area contributed by atoms with Gasteiger partial charge in [0, 0.05) is 6.54 Å². The first kappa shape index (κ1) is 11.3. The lowest BCUT2D eigenvalue weighted by Gasteiger charge is -2.05. The Hall–Kier alpha value is -1.17. The summed E-state index contributed by atoms with van der Waals surface area (Å²) in [5, 5.41) is 11.8. The molecule has 0 spiro atoms. The van der Waals surface area contributed by atoms with Crippen molar-refractivity contribution < 1.29 is 5.11 Å². The second kappa shape index (κ2) is 5.25. The molecule has 5 heteroatoms. The molecule has 0 aliphatic heterocycles. The quantitative estimate of drug-likeness (QED) is 0.536. The highest BCUT2D eigenvalue weighted by atomic mass is 32.1. The Balaban J connectivity index is 2.12. The standard InChI is InChI=1S/C11H15N3OS/c12-9-2-1-8(3-4-13-5-6-15)10-11(9)16-7-14-10/h1-2,7,13,15H,3-6,12H2. The van der Waals surface area contributed by atoms with Crippen LogP contribution < -0.4 is 11.1 Å². The molecule has 0 saturated carbocycles. The lowest BCUT2D eigenvalue weighted by Crippen LogP contribution is -2.20. The fourth-order valence-corrected chi connectivity index (χ4v) is 2.42. The zero-order valence-electron chi connectivity index (χ0n) is 8.94. The van der Waals surface area contributed by atoms with Crippen molar-refractivity contribution in [3.63, 3.8) is 0 Å². The summed E-state index contributed by atoms with van der Waals surface area (Å²) in [6.45, 7) is 1.65. The van der Waals surface area contributed by atoms with Crippen LogP contribution >= 0.6 is 11.3 Å². The molecule has 0 saturated heterocycles. The van der Waals surface area contributed by atoms with Gasteiger partial charge >= 0.3 is 0 Å². The van der Waals surface area contributed by atoms with Crippen LogP contribution in [0.1, 0.15) is 5.56 Å². The molecule has 1 aromatic carbocycles. The van der Waals surface area contributed by atoms with Crippen molar-refractivity contribution in [3.8, 4) is 0 Å². The number of hydrogen-bond donors (Lipinski definition) is 3. The van der Waals surface area contributed by atoms with E-state index in [0.29, 0.717) is 6.54 Å². The van der Waals surface area contributed by atoms with E-state index in [0.717, 1.165) is 28.9 Å². The predicted molar refractivity (Wildman–Crippen MR) is 67.7 cm³/mol. The first-order chi connectivity index (χ1) is 7.83. The van der Waals surface area contributed by atoms with Crippen molar-refractivity contribution in [2.24, 2.45) is 0 Å². The smallest absolute Gasteiger partial charge is 0.0865 e. The maximum absolute atomic E-state index is 8.65. The topological polar surface area (TPSA) is 71.2 Å². The number of aliphatic hydroxyl groups is 1. The highest BCUT2D eigenvalue weighted by molar-refractivity contribution is 7.17. The van der Waals surface area contributed by atoms with Crippen LogP contribution in [0.5, 0.6) is 0 Å². The Morgan fingerprint density at radius 2 is 2.25 bits per heavy atom. The van der Waals surface area contributed by atoms with Gasteiger partial charge in [-0.1, -0.05) is 6.07 Å². The molecule has 0 radical (unpaired) electrons. The zero-order chi connectivity index (χ0) is 11.4. The normalized spacial score (nSPS) is 11.1. The SMILES string of the molecule is Nc1ccc(CCNCCO)c2ncsc12. The number of fused-ring (bicyclic) bond motifs is 1. The van der Waals surface area contributed by atoms with E-state index < -0.39 is 0 Å². The van der Waals surface area contributed by atoms with Crippen LogP contribution in [0.2, 0.25) is 0 Å². The van der Waals surface area contributed by atoms with Crippen LogP contribution in [0, 0.1) is 0 Å². The average molecular weight is 237 g/mol. The summed E-state index contributed by atoms with van der Waals surface area (Å²) in [6, 6.07) is 3.96. The molecule has 16 heavy (non-hydrogen) atoms. The number of anilines is 1. The fourth-order valence-electron chi connectivity index (χ4n) is 1.65. The maximum atomic E-state index is 8.65. The third-order valence-electron chi connectivity index (χ3n) is 2.46. The minimum absolute atomic E-state index is 0.174. The number of nitrogens with one attached hydrogen (secondary N) is 1. The molecule has 1 aromatic heterocycles. The van der Waals surface area contributed by atoms with E-state index in [2.05, 4.69) is 10.3 Å². The summed E-state index contributed by atoms with van der Waals surface area (Å²) in [7, 11) is 0. The minimum atomic E-state index is 0.174. The molecule has 2 aromatic rings. The van der Waals surface area contributed by atoms with Crippen molar-refractivity contribution in [2.45, 2.75) is 6.42 Å². The van der Waals surface area contributed by atoms with Gasteiger partial charge in [0.2, 0.25) is 0 Å². The monoisotopic (exact) mass is 237 g/mol. The summed E-state index contributed by atoms with van der Waals surface area (Å²) in [5.41, 5.74) is 10.7. The number of aliphatic hydroxyl groups excluding tert-OH is 1. The maximum Gasteiger partial charge on any atom is 0.0865 e. The molecule has 2 rings (SSSR count). The molecule has 4 N–H and O–H groups in total. The van der Waals surface area contributed by atoms with Gasteiger partial charge in [-0.05, 0) is 24.6 Å². The second-order valence-electron chi connectivity index (χ2n) is 3.57. The molecule has 0 amide bonds. The zero-order valence-corrected chi connectivity index (χ0v) is 9.76. The summed E-state index contributed by atoms with van der Waals surface area (Å²) < 4.78 is 1.07. The van der Waals surface area contributed by atoms with Gasteiger partial charge < -0.3 is 16.2 Å². The lowest BCUT2D eigenvalue weighted by atomic mass is 10.1. The van der Waals surface area contributed by atoms with Crippen LogP contribution in [-0.4, -0.2) is 29.8 Å². The van der Waals surface area contributed by atoms with Crippen molar-refractivity contribution in [1.29, 1.82) is 0 Å². The number of benzene rings is 1. The third kappa shape index (κ3) is 2.32. The van der Waals surface area contributed by atoms with Gasteiger partial charge in [0.25, 0.3) is 0 Å². The van der Waals surface area contributed by atoms with Gasteiger partial charge in [-0.3, -0.25) is 0 Å². The van der Waals surface area contributed by atoms with E-state index in [-0.39, 0.29) is 6.61 Å². The van der Waals surface area contributed by atoms with Crippen LogP contribution in [0.4, 0.5) is 5.69 Å².